The van der Waals surface area contributed by atoms with E-state index in [4.69, 9.17) is 4.74 Å². The first-order chi connectivity index (χ1) is 20.2. The minimum absolute atomic E-state index is 0.0108. The predicted molar refractivity (Wildman–Crippen MR) is 149 cm³/mol. The maximum absolute atomic E-state index is 14.3. The average molecular weight is 582 g/mol. The van der Waals surface area contributed by atoms with E-state index in [1.807, 2.05) is 6.92 Å². The standard InChI is InChI=1S/C29H27F4N7O2/c1-2-24-25(37-21-14-18(13-19(15-21)29(31,32)33)22-5-3-4-6-26(22)41)8-7-20(36-24)16-35-39-28-34-17-23(30)27(38-28)40-9-11-42-12-10-40/h3-8,13-15,17,37,41H,2,9-12,16H2,1H3. The molecule has 9 nitrogen and oxygen atoms in total. The van der Waals surface area contributed by atoms with Gasteiger partial charge in [0.15, 0.2) is 11.6 Å². The Balaban J connectivity index is 1.34. The van der Waals surface area contributed by atoms with Crippen LogP contribution < -0.4 is 10.2 Å². The highest BCUT2D eigenvalue weighted by atomic mass is 19.4. The Kier molecular flexibility index (Phi) is 8.57. The fraction of sp³-hybridized carbons (Fsp3) is 0.276. The Morgan fingerprint density at radius 3 is 2.57 bits per heavy atom. The predicted octanol–water partition coefficient (Wildman–Crippen LogP) is 6.83. The van der Waals surface area contributed by atoms with Crippen molar-refractivity contribution >= 4 is 23.1 Å². The molecular formula is C29H27F4N7O2. The van der Waals surface area contributed by atoms with E-state index in [1.54, 1.807) is 41.3 Å². The third-order valence-corrected chi connectivity index (χ3v) is 6.54. The zero-order valence-electron chi connectivity index (χ0n) is 22.6. The summed E-state index contributed by atoms with van der Waals surface area (Å²) in [6.07, 6.45) is -3.05. The summed E-state index contributed by atoms with van der Waals surface area (Å²) >= 11 is 0. The smallest absolute Gasteiger partial charge is 0.416 e. The minimum Gasteiger partial charge on any atom is -0.507 e. The summed E-state index contributed by atoms with van der Waals surface area (Å²) in [5, 5.41) is 21.4. The van der Waals surface area contributed by atoms with Crippen molar-refractivity contribution in [3.63, 3.8) is 0 Å². The largest absolute Gasteiger partial charge is 0.507 e. The van der Waals surface area contributed by atoms with Gasteiger partial charge < -0.3 is 20.1 Å². The number of nitrogens with zero attached hydrogens (tertiary/aromatic N) is 6. The van der Waals surface area contributed by atoms with Gasteiger partial charge in [0.05, 0.1) is 42.0 Å². The quantitative estimate of drug-likeness (QED) is 0.173. The van der Waals surface area contributed by atoms with Crippen molar-refractivity contribution in [2.75, 3.05) is 36.5 Å². The lowest BCUT2D eigenvalue weighted by atomic mass is 10.0. The van der Waals surface area contributed by atoms with Gasteiger partial charge >= 0.3 is 6.18 Å². The van der Waals surface area contributed by atoms with E-state index in [0.717, 1.165) is 18.3 Å². The summed E-state index contributed by atoms with van der Waals surface area (Å²) in [5.74, 6) is -0.525. The maximum Gasteiger partial charge on any atom is 0.416 e. The number of aromatic nitrogens is 3. The van der Waals surface area contributed by atoms with Gasteiger partial charge in [0.2, 0.25) is 0 Å². The zero-order valence-corrected chi connectivity index (χ0v) is 22.6. The molecule has 1 saturated heterocycles. The van der Waals surface area contributed by atoms with Crippen LogP contribution >= 0.6 is 0 Å². The first kappa shape index (κ1) is 28.9. The van der Waals surface area contributed by atoms with Crippen molar-refractivity contribution in [2.45, 2.75) is 26.1 Å². The molecule has 0 amide bonds. The van der Waals surface area contributed by atoms with E-state index in [9.17, 15) is 22.7 Å². The molecule has 1 aliphatic heterocycles. The zero-order chi connectivity index (χ0) is 29.7. The number of anilines is 3. The van der Waals surface area contributed by atoms with Gasteiger partial charge in [-0.05, 0) is 48.4 Å². The summed E-state index contributed by atoms with van der Waals surface area (Å²) < 4.78 is 60.7. The Bertz CT molecular complexity index is 1590. The molecule has 1 fully saturated rings. The summed E-state index contributed by atoms with van der Waals surface area (Å²) in [4.78, 5) is 14.4. The number of alkyl halides is 3. The van der Waals surface area contributed by atoms with E-state index < -0.39 is 17.6 Å². The van der Waals surface area contributed by atoms with Gasteiger partial charge in [-0.2, -0.15) is 23.3 Å². The molecule has 4 aromatic rings. The average Bonchev–Trinajstić information content (AvgIpc) is 2.98. The number of para-hydroxylation sites is 1. The number of phenolic OH excluding ortho intramolecular Hbond substituents is 1. The number of azo groups is 1. The molecule has 0 spiro atoms. The number of benzene rings is 2. The van der Waals surface area contributed by atoms with Crippen molar-refractivity contribution in [2.24, 2.45) is 10.2 Å². The number of halogens is 4. The molecule has 0 radical (unpaired) electrons. The van der Waals surface area contributed by atoms with Crippen LogP contribution in [-0.2, 0) is 23.9 Å². The second-order valence-corrected chi connectivity index (χ2v) is 9.43. The van der Waals surface area contributed by atoms with Gasteiger partial charge in [0, 0.05) is 24.3 Å². The van der Waals surface area contributed by atoms with Crippen molar-refractivity contribution in [1.82, 2.24) is 15.0 Å². The molecule has 1 aliphatic rings. The Morgan fingerprint density at radius 1 is 1.05 bits per heavy atom. The lowest BCUT2D eigenvalue weighted by molar-refractivity contribution is -0.137. The van der Waals surface area contributed by atoms with Crippen LogP contribution in [0.3, 0.4) is 0 Å². The molecule has 218 valence electrons. The van der Waals surface area contributed by atoms with E-state index in [2.05, 4.69) is 30.5 Å². The van der Waals surface area contributed by atoms with Crippen LogP contribution in [0, 0.1) is 5.82 Å². The van der Waals surface area contributed by atoms with E-state index in [0.29, 0.717) is 49.8 Å². The molecule has 5 rings (SSSR count). The van der Waals surface area contributed by atoms with Gasteiger partial charge in [-0.1, -0.05) is 25.1 Å². The number of nitrogens with one attached hydrogen (secondary N) is 1. The molecule has 0 bridgehead atoms. The highest BCUT2D eigenvalue weighted by Crippen LogP contribution is 2.38. The summed E-state index contributed by atoms with van der Waals surface area (Å²) in [6.45, 7) is 3.92. The molecule has 13 heteroatoms. The van der Waals surface area contributed by atoms with Crippen LogP contribution in [0.1, 0.15) is 23.9 Å². The monoisotopic (exact) mass is 581 g/mol. The summed E-state index contributed by atoms with van der Waals surface area (Å²) in [7, 11) is 0. The fourth-order valence-electron chi connectivity index (χ4n) is 4.48. The number of aryl methyl sites for hydroxylation is 1. The molecule has 42 heavy (non-hydrogen) atoms. The van der Waals surface area contributed by atoms with E-state index in [1.165, 1.54) is 6.07 Å². The topological polar surface area (TPSA) is 108 Å². The first-order valence-electron chi connectivity index (χ1n) is 13.2. The molecule has 0 unspecified atom stereocenters. The van der Waals surface area contributed by atoms with Crippen LogP contribution in [0.2, 0.25) is 0 Å². The number of hydrogen-bond acceptors (Lipinski definition) is 9. The fourth-order valence-corrected chi connectivity index (χ4v) is 4.48. The number of phenols is 1. The number of hydrogen-bond donors (Lipinski definition) is 2. The lowest BCUT2D eigenvalue weighted by Crippen LogP contribution is -2.37. The van der Waals surface area contributed by atoms with Crippen LogP contribution in [0.15, 0.2) is 71.0 Å². The van der Waals surface area contributed by atoms with Crippen molar-refractivity contribution in [3.8, 4) is 16.9 Å². The highest BCUT2D eigenvalue weighted by molar-refractivity contribution is 5.76. The summed E-state index contributed by atoms with van der Waals surface area (Å²) in [6, 6.07) is 13.2. The second kappa shape index (κ2) is 12.5. The number of pyridine rings is 1. The molecule has 3 heterocycles. The summed E-state index contributed by atoms with van der Waals surface area (Å²) in [5.41, 5.74) is 1.53. The van der Waals surface area contributed by atoms with E-state index in [-0.39, 0.29) is 40.9 Å². The van der Waals surface area contributed by atoms with Crippen LogP contribution in [0.5, 0.6) is 5.75 Å². The van der Waals surface area contributed by atoms with Gasteiger partial charge in [0.25, 0.3) is 5.95 Å². The molecule has 2 aromatic heterocycles. The molecular weight excluding hydrogens is 554 g/mol. The third kappa shape index (κ3) is 6.79. The van der Waals surface area contributed by atoms with Gasteiger partial charge in [0.1, 0.15) is 12.3 Å². The molecule has 0 saturated carbocycles. The van der Waals surface area contributed by atoms with Gasteiger partial charge in [-0.15, -0.1) is 5.11 Å². The van der Waals surface area contributed by atoms with Crippen molar-refractivity contribution < 1.29 is 27.4 Å². The molecule has 2 aromatic carbocycles. The third-order valence-electron chi connectivity index (χ3n) is 6.54. The van der Waals surface area contributed by atoms with Crippen LogP contribution in [0.25, 0.3) is 11.1 Å². The van der Waals surface area contributed by atoms with Crippen molar-refractivity contribution in [1.29, 1.82) is 0 Å². The Hall–Kier alpha value is -4.65. The Morgan fingerprint density at radius 2 is 1.83 bits per heavy atom. The van der Waals surface area contributed by atoms with Crippen LogP contribution in [0.4, 0.5) is 40.7 Å². The first-order valence-corrected chi connectivity index (χ1v) is 13.2. The lowest BCUT2D eigenvalue weighted by Gasteiger charge is -2.27. The SMILES string of the molecule is CCc1nc(CN=Nc2ncc(F)c(N3CCOCC3)n2)ccc1Nc1cc(-c2ccccc2O)cc(C(F)(F)F)c1. The van der Waals surface area contributed by atoms with Crippen molar-refractivity contribution in [3.05, 3.63) is 83.6 Å². The highest BCUT2D eigenvalue weighted by Gasteiger charge is 2.31. The van der Waals surface area contributed by atoms with E-state index >= 15 is 0 Å². The van der Waals surface area contributed by atoms with Gasteiger partial charge in [-0.25, -0.2) is 9.37 Å². The van der Waals surface area contributed by atoms with Crippen LogP contribution in [-0.4, -0.2) is 46.4 Å². The number of rotatable bonds is 8. The second-order valence-electron chi connectivity index (χ2n) is 9.43. The molecule has 0 atom stereocenters. The molecule has 2 N–H and O–H groups in total. The number of aromatic hydroxyl groups is 1. The minimum atomic E-state index is -4.59. The normalized spacial score (nSPS) is 14.0. The molecule has 0 aliphatic carbocycles. The number of morpholine rings is 1. The van der Waals surface area contributed by atoms with Gasteiger partial charge in [-0.3, -0.25) is 4.98 Å². The maximum atomic E-state index is 14.3. The Labute approximate surface area is 239 Å². The number of ether oxygens (including phenoxy) is 1.